The number of rotatable bonds is 4. The predicted octanol–water partition coefficient (Wildman–Crippen LogP) is 0.761. The standard InChI is InChI=1S/C6H8O3.C4H6O2/c1-2-6(7)9-4-5-3-8-5;1-3(2)4(5)6/h2,5H,1,3-4H2;1H2,2H3,(H,5,6). The molecule has 0 radical (unpaired) electrons. The minimum absolute atomic E-state index is 0.147. The lowest BCUT2D eigenvalue weighted by atomic mass is 10.4. The van der Waals surface area contributed by atoms with E-state index in [1.165, 1.54) is 6.92 Å². The van der Waals surface area contributed by atoms with Gasteiger partial charge in [-0.05, 0) is 6.92 Å². The molecule has 15 heavy (non-hydrogen) atoms. The Morgan fingerprint density at radius 2 is 2.13 bits per heavy atom. The molecule has 0 aliphatic carbocycles. The van der Waals surface area contributed by atoms with Crippen molar-refractivity contribution in [2.45, 2.75) is 13.0 Å². The normalized spacial score (nSPS) is 16.7. The fourth-order valence-corrected chi connectivity index (χ4v) is 0.398. The summed E-state index contributed by atoms with van der Waals surface area (Å²) in [4.78, 5) is 19.9. The Morgan fingerprint density at radius 3 is 2.40 bits per heavy atom. The summed E-state index contributed by atoms with van der Waals surface area (Å²) in [6.07, 6.45) is 1.29. The molecule has 5 heteroatoms. The Labute approximate surface area is 88.0 Å². The average molecular weight is 214 g/mol. The molecule has 1 fully saturated rings. The Kier molecular flexibility index (Phi) is 6.05. The van der Waals surface area contributed by atoms with E-state index in [4.69, 9.17) is 9.84 Å². The lowest BCUT2D eigenvalue weighted by molar-refractivity contribution is -0.138. The SMILES string of the molecule is C=C(C)C(=O)O.C=CC(=O)OCC1CO1. The average Bonchev–Trinajstić information content (AvgIpc) is 2.98. The summed E-state index contributed by atoms with van der Waals surface area (Å²) in [7, 11) is 0. The molecular weight excluding hydrogens is 200 g/mol. The van der Waals surface area contributed by atoms with Crippen molar-refractivity contribution in [3.05, 3.63) is 24.8 Å². The topological polar surface area (TPSA) is 76.1 Å². The molecule has 0 saturated carbocycles. The lowest BCUT2D eigenvalue weighted by Crippen LogP contribution is -2.06. The highest BCUT2D eigenvalue weighted by atomic mass is 16.6. The summed E-state index contributed by atoms with van der Waals surface area (Å²) in [6.45, 7) is 8.92. The first-order valence-electron chi connectivity index (χ1n) is 4.27. The summed E-state index contributed by atoms with van der Waals surface area (Å²) in [5, 5.41) is 7.89. The van der Waals surface area contributed by atoms with Crippen LogP contribution >= 0.6 is 0 Å². The molecule has 1 unspecified atom stereocenters. The van der Waals surface area contributed by atoms with E-state index >= 15 is 0 Å². The highest BCUT2D eigenvalue weighted by Gasteiger charge is 2.23. The maximum Gasteiger partial charge on any atom is 0.330 e. The number of carbonyl (C=O) groups is 2. The lowest BCUT2D eigenvalue weighted by Gasteiger charge is -1.94. The van der Waals surface area contributed by atoms with Crippen molar-refractivity contribution < 1.29 is 24.2 Å². The zero-order chi connectivity index (χ0) is 11.8. The molecule has 1 N–H and O–H groups in total. The van der Waals surface area contributed by atoms with Crippen molar-refractivity contribution in [3.8, 4) is 0 Å². The molecule has 0 bridgehead atoms. The number of ether oxygens (including phenoxy) is 2. The van der Waals surface area contributed by atoms with E-state index in [9.17, 15) is 9.59 Å². The van der Waals surface area contributed by atoms with Gasteiger partial charge < -0.3 is 14.6 Å². The van der Waals surface area contributed by atoms with Gasteiger partial charge in [0.15, 0.2) is 0 Å². The molecule has 0 aromatic rings. The van der Waals surface area contributed by atoms with E-state index in [2.05, 4.69) is 17.9 Å². The highest BCUT2D eigenvalue weighted by molar-refractivity contribution is 5.84. The van der Waals surface area contributed by atoms with Crippen LogP contribution in [-0.2, 0) is 19.1 Å². The third-order valence-corrected chi connectivity index (χ3v) is 1.35. The van der Waals surface area contributed by atoms with Crippen molar-refractivity contribution in [1.29, 1.82) is 0 Å². The first kappa shape index (κ1) is 13.4. The van der Waals surface area contributed by atoms with Gasteiger partial charge in [-0.1, -0.05) is 13.2 Å². The second-order valence-electron chi connectivity index (χ2n) is 2.87. The fraction of sp³-hybridized carbons (Fsp3) is 0.400. The Hall–Kier alpha value is -1.62. The largest absolute Gasteiger partial charge is 0.478 e. The van der Waals surface area contributed by atoms with Crippen LogP contribution in [-0.4, -0.2) is 36.4 Å². The van der Waals surface area contributed by atoms with Crippen LogP contribution in [0.25, 0.3) is 0 Å². The predicted molar refractivity (Wildman–Crippen MR) is 53.3 cm³/mol. The number of hydrogen-bond acceptors (Lipinski definition) is 4. The second-order valence-corrected chi connectivity index (χ2v) is 2.87. The molecule has 1 heterocycles. The molecule has 0 aromatic heterocycles. The first-order valence-corrected chi connectivity index (χ1v) is 4.27. The van der Waals surface area contributed by atoms with Gasteiger partial charge in [0.05, 0.1) is 6.61 Å². The van der Waals surface area contributed by atoms with Gasteiger partial charge in [0.25, 0.3) is 0 Å². The zero-order valence-electron chi connectivity index (χ0n) is 8.56. The van der Waals surface area contributed by atoms with Gasteiger partial charge in [-0.15, -0.1) is 0 Å². The van der Waals surface area contributed by atoms with Crippen LogP contribution in [0.5, 0.6) is 0 Å². The van der Waals surface area contributed by atoms with Gasteiger partial charge in [0.1, 0.15) is 12.7 Å². The molecule has 1 aliphatic heterocycles. The number of epoxide rings is 1. The van der Waals surface area contributed by atoms with Crippen LogP contribution in [0.15, 0.2) is 24.8 Å². The number of hydrogen-bond donors (Lipinski definition) is 1. The van der Waals surface area contributed by atoms with Crippen LogP contribution in [0.1, 0.15) is 6.92 Å². The summed E-state index contributed by atoms with van der Waals surface area (Å²) in [6, 6.07) is 0. The Balaban J connectivity index is 0.000000288. The van der Waals surface area contributed by atoms with Crippen LogP contribution in [0, 0.1) is 0 Å². The fourth-order valence-electron chi connectivity index (χ4n) is 0.398. The number of carbonyl (C=O) groups excluding carboxylic acids is 1. The van der Waals surface area contributed by atoms with Crippen molar-refractivity contribution >= 4 is 11.9 Å². The van der Waals surface area contributed by atoms with Crippen LogP contribution in [0.4, 0.5) is 0 Å². The number of carboxylic acids is 1. The van der Waals surface area contributed by atoms with Crippen LogP contribution in [0.3, 0.4) is 0 Å². The molecule has 5 nitrogen and oxygen atoms in total. The van der Waals surface area contributed by atoms with E-state index in [0.29, 0.717) is 13.2 Å². The van der Waals surface area contributed by atoms with Gasteiger partial charge in [-0.2, -0.15) is 0 Å². The van der Waals surface area contributed by atoms with Gasteiger partial charge >= 0.3 is 11.9 Å². The van der Waals surface area contributed by atoms with E-state index in [1.54, 1.807) is 0 Å². The molecule has 1 aliphatic rings. The Bertz CT molecular complexity index is 253. The maximum atomic E-state index is 10.3. The van der Waals surface area contributed by atoms with Gasteiger partial charge in [0, 0.05) is 11.6 Å². The molecular formula is C10H14O5. The summed E-state index contributed by atoms with van der Waals surface area (Å²) < 4.78 is 9.42. The van der Waals surface area contributed by atoms with E-state index in [1.807, 2.05) is 0 Å². The second kappa shape index (κ2) is 6.78. The molecule has 1 atom stereocenters. The van der Waals surface area contributed by atoms with Crippen LogP contribution in [0.2, 0.25) is 0 Å². The highest BCUT2D eigenvalue weighted by Crippen LogP contribution is 2.08. The summed E-state index contributed by atoms with van der Waals surface area (Å²) in [5.74, 6) is -1.32. The molecule has 1 saturated heterocycles. The third-order valence-electron chi connectivity index (χ3n) is 1.35. The van der Waals surface area contributed by atoms with E-state index < -0.39 is 5.97 Å². The summed E-state index contributed by atoms with van der Waals surface area (Å²) in [5.41, 5.74) is 0.176. The smallest absolute Gasteiger partial charge is 0.330 e. The number of carboxylic acid groups (broad SMARTS) is 1. The van der Waals surface area contributed by atoms with Crippen molar-refractivity contribution in [2.75, 3.05) is 13.2 Å². The monoisotopic (exact) mass is 214 g/mol. The third kappa shape index (κ3) is 8.70. The molecule has 1 rings (SSSR count). The molecule has 0 amide bonds. The Morgan fingerprint density at radius 1 is 1.67 bits per heavy atom. The van der Waals surface area contributed by atoms with Crippen molar-refractivity contribution in [2.24, 2.45) is 0 Å². The van der Waals surface area contributed by atoms with Gasteiger partial charge in [-0.3, -0.25) is 0 Å². The molecule has 84 valence electrons. The minimum atomic E-state index is -0.935. The number of esters is 1. The zero-order valence-corrected chi connectivity index (χ0v) is 8.56. The number of aliphatic carboxylic acids is 1. The summed E-state index contributed by atoms with van der Waals surface area (Å²) >= 11 is 0. The maximum absolute atomic E-state index is 10.3. The van der Waals surface area contributed by atoms with Gasteiger partial charge in [-0.25, -0.2) is 9.59 Å². The molecule has 0 spiro atoms. The molecule has 0 aromatic carbocycles. The van der Waals surface area contributed by atoms with Crippen molar-refractivity contribution in [1.82, 2.24) is 0 Å². The van der Waals surface area contributed by atoms with Crippen LogP contribution < -0.4 is 0 Å². The minimum Gasteiger partial charge on any atom is -0.478 e. The van der Waals surface area contributed by atoms with Crippen molar-refractivity contribution in [3.63, 3.8) is 0 Å². The first-order chi connectivity index (χ1) is 6.97. The van der Waals surface area contributed by atoms with E-state index in [-0.39, 0.29) is 17.6 Å². The van der Waals surface area contributed by atoms with Gasteiger partial charge in [0.2, 0.25) is 0 Å². The van der Waals surface area contributed by atoms with E-state index in [0.717, 1.165) is 6.08 Å². The quantitative estimate of drug-likeness (QED) is 0.425.